The van der Waals surface area contributed by atoms with Crippen LogP contribution < -0.4 is 0 Å². The van der Waals surface area contributed by atoms with E-state index in [0.29, 0.717) is 0 Å². The Morgan fingerprint density at radius 1 is 1.25 bits per heavy atom. The van der Waals surface area contributed by atoms with Crippen molar-refractivity contribution in [2.24, 2.45) is 0 Å². The summed E-state index contributed by atoms with van der Waals surface area (Å²) in [6, 6.07) is -0.201. The molecule has 0 aromatic rings. The zero-order chi connectivity index (χ0) is 9.52. The summed E-state index contributed by atoms with van der Waals surface area (Å²) < 4.78 is 0. The van der Waals surface area contributed by atoms with E-state index in [9.17, 15) is 9.59 Å². The van der Waals surface area contributed by atoms with Crippen molar-refractivity contribution in [3.8, 4) is 0 Å². The summed E-state index contributed by atoms with van der Waals surface area (Å²) in [6.45, 7) is 5.95. The highest BCUT2D eigenvalue weighted by molar-refractivity contribution is 6.01. The molecule has 1 fully saturated rings. The third-order valence-corrected chi connectivity index (χ3v) is 2.00. The van der Waals surface area contributed by atoms with Crippen LogP contribution in [0.4, 0.5) is 4.79 Å². The highest BCUT2D eigenvalue weighted by Gasteiger charge is 2.39. The number of imide groups is 1. The fraction of sp³-hybridized carbons (Fsp3) is 0.750. The Bertz CT molecular complexity index is 230. The van der Waals surface area contributed by atoms with Gasteiger partial charge in [-0.05, 0) is 20.8 Å². The Kier molecular flexibility index (Phi) is 1.86. The number of carbonyl (C=O) groups is 2. The van der Waals surface area contributed by atoms with E-state index in [1.807, 2.05) is 20.8 Å². The molecule has 0 unspecified atom stereocenters. The number of amides is 3. The Hall–Kier alpha value is -1.06. The van der Waals surface area contributed by atoms with E-state index in [-0.39, 0.29) is 24.0 Å². The van der Waals surface area contributed by atoms with Gasteiger partial charge < -0.3 is 4.90 Å². The Morgan fingerprint density at radius 3 is 1.92 bits per heavy atom. The summed E-state index contributed by atoms with van der Waals surface area (Å²) in [5.41, 5.74) is -0.266. The van der Waals surface area contributed by atoms with E-state index in [0.717, 1.165) is 4.90 Å². The first-order valence-electron chi connectivity index (χ1n) is 3.92. The molecule has 1 heterocycles. The normalized spacial score (nSPS) is 19.3. The van der Waals surface area contributed by atoms with Crippen molar-refractivity contribution in [2.45, 2.75) is 26.3 Å². The minimum Gasteiger partial charge on any atom is -0.310 e. The lowest BCUT2D eigenvalue weighted by atomic mass is 10.1. The maximum Gasteiger partial charge on any atom is 0.327 e. The molecule has 1 rings (SSSR count). The summed E-state index contributed by atoms with van der Waals surface area (Å²) in [4.78, 5) is 25.2. The smallest absolute Gasteiger partial charge is 0.310 e. The van der Waals surface area contributed by atoms with Gasteiger partial charge in [-0.1, -0.05) is 0 Å². The zero-order valence-electron chi connectivity index (χ0n) is 7.92. The predicted octanol–water partition coefficient (Wildman–Crippen LogP) is 0.679. The van der Waals surface area contributed by atoms with Gasteiger partial charge in [0.15, 0.2) is 0 Å². The van der Waals surface area contributed by atoms with Gasteiger partial charge in [0.2, 0.25) is 5.91 Å². The topological polar surface area (TPSA) is 40.6 Å². The van der Waals surface area contributed by atoms with E-state index < -0.39 is 0 Å². The maximum absolute atomic E-state index is 11.4. The molecular formula is C8H14N2O2. The molecule has 68 valence electrons. The summed E-state index contributed by atoms with van der Waals surface area (Å²) in [7, 11) is 1.51. The standard InChI is InChI=1S/C8H14N2O2/c1-8(2,3)10-5-6(11)9(4)7(10)12/h5H2,1-4H3. The number of hydrogen-bond donors (Lipinski definition) is 0. The number of urea groups is 1. The van der Waals surface area contributed by atoms with Gasteiger partial charge in [0, 0.05) is 12.6 Å². The summed E-state index contributed by atoms with van der Waals surface area (Å²) in [6.07, 6.45) is 0. The number of carbonyl (C=O) groups excluding carboxylic acids is 2. The molecule has 0 atom stereocenters. The summed E-state index contributed by atoms with van der Waals surface area (Å²) >= 11 is 0. The molecule has 0 aromatic heterocycles. The minimum absolute atomic E-state index is 0.130. The van der Waals surface area contributed by atoms with Gasteiger partial charge in [0.1, 0.15) is 6.54 Å². The van der Waals surface area contributed by atoms with E-state index >= 15 is 0 Å². The van der Waals surface area contributed by atoms with E-state index in [1.165, 1.54) is 7.05 Å². The highest BCUT2D eigenvalue weighted by atomic mass is 16.2. The number of hydrogen-bond acceptors (Lipinski definition) is 2. The van der Waals surface area contributed by atoms with Crippen molar-refractivity contribution >= 4 is 11.9 Å². The van der Waals surface area contributed by atoms with Gasteiger partial charge in [-0.2, -0.15) is 0 Å². The SMILES string of the molecule is CN1C(=O)CN(C(C)(C)C)C1=O. The van der Waals surface area contributed by atoms with Gasteiger partial charge in [0.25, 0.3) is 0 Å². The number of likely N-dealkylation sites (N-methyl/N-ethyl adjacent to an activating group) is 1. The summed E-state index contributed by atoms with van der Waals surface area (Å²) in [5.74, 6) is -0.130. The van der Waals surface area contributed by atoms with Crippen LogP contribution in [0, 0.1) is 0 Å². The second kappa shape index (κ2) is 2.47. The van der Waals surface area contributed by atoms with Gasteiger partial charge >= 0.3 is 6.03 Å². The first-order chi connectivity index (χ1) is 5.34. The van der Waals surface area contributed by atoms with Crippen LogP contribution in [0.25, 0.3) is 0 Å². The van der Waals surface area contributed by atoms with Crippen molar-refractivity contribution in [3.63, 3.8) is 0 Å². The van der Waals surface area contributed by atoms with Gasteiger partial charge in [0.05, 0.1) is 0 Å². The van der Waals surface area contributed by atoms with Crippen molar-refractivity contribution < 1.29 is 9.59 Å². The molecule has 1 saturated heterocycles. The van der Waals surface area contributed by atoms with Gasteiger partial charge in [-0.25, -0.2) is 4.79 Å². The van der Waals surface area contributed by atoms with Crippen LogP contribution in [-0.2, 0) is 4.79 Å². The lowest BCUT2D eigenvalue weighted by Gasteiger charge is -2.30. The minimum atomic E-state index is -0.266. The molecule has 4 nitrogen and oxygen atoms in total. The number of nitrogens with zero attached hydrogens (tertiary/aromatic N) is 2. The van der Waals surface area contributed by atoms with E-state index in [1.54, 1.807) is 4.90 Å². The second-order valence-corrected chi connectivity index (χ2v) is 3.99. The van der Waals surface area contributed by atoms with Gasteiger partial charge in [-0.15, -0.1) is 0 Å². The molecule has 0 spiro atoms. The third-order valence-electron chi connectivity index (χ3n) is 2.00. The van der Waals surface area contributed by atoms with Crippen LogP contribution in [0.3, 0.4) is 0 Å². The van der Waals surface area contributed by atoms with Gasteiger partial charge in [-0.3, -0.25) is 9.69 Å². The molecule has 12 heavy (non-hydrogen) atoms. The Balaban J connectivity index is 2.86. The maximum atomic E-state index is 11.4. The molecule has 0 radical (unpaired) electrons. The lowest BCUT2D eigenvalue weighted by Crippen LogP contribution is -2.43. The fourth-order valence-corrected chi connectivity index (χ4v) is 1.12. The van der Waals surface area contributed by atoms with Crippen LogP contribution in [0.2, 0.25) is 0 Å². The molecule has 0 bridgehead atoms. The van der Waals surface area contributed by atoms with Crippen molar-refractivity contribution in [1.29, 1.82) is 0 Å². The largest absolute Gasteiger partial charge is 0.327 e. The average molecular weight is 170 g/mol. The molecule has 0 aliphatic carbocycles. The Labute approximate surface area is 72.1 Å². The monoisotopic (exact) mass is 170 g/mol. The van der Waals surface area contributed by atoms with Crippen LogP contribution in [0.5, 0.6) is 0 Å². The first-order valence-corrected chi connectivity index (χ1v) is 3.92. The van der Waals surface area contributed by atoms with Crippen LogP contribution in [0.15, 0.2) is 0 Å². The molecule has 1 aliphatic rings. The fourth-order valence-electron chi connectivity index (χ4n) is 1.12. The zero-order valence-corrected chi connectivity index (χ0v) is 7.92. The van der Waals surface area contributed by atoms with Crippen molar-refractivity contribution in [3.05, 3.63) is 0 Å². The quantitative estimate of drug-likeness (QED) is 0.501. The predicted molar refractivity (Wildman–Crippen MR) is 44.6 cm³/mol. The van der Waals surface area contributed by atoms with Crippen LogP contribution in [-0.4, -0.2) is 40.9 Å². The molecule has 0 saturated carbocycles. The van der Waals surface area contributed by atoms with Crippen molar-refractivity contribution in [2.75, 3.05) is 13.6 Å². The average Bonchev–Trinajstić information content (AvgIpc) is 2.15. The molecule has 0 aromatic carbocycles. The number of rotatable bonds is 0. The molecule has 1 aliphatic heterocycles. The first kappa shape index (κ1) is 9.03. The van der Waals surface area contributed by atoms with E-state index in [2.05, 4.69) is 0 Å². The van der Waals surface area contributed by atoms with Crippen LogP contribution in [0.1, 0.15) is 20.8 Å². The summed E-state index contributed by atoms with van der Waals surface area (Å²) in [5, 5.41) is 0. The third kappa shape index (κ3) is 1.29. The van der Waals surface area contributed by atoms with Crippen LogP contribution >= 0.6 is 0 Å². The molecule has 3 amide bonds. The van der Waals surface area contributed by atoms with E-state index in [4.69, 9.17) is 0 Å². The highest BCUT2D eigenvalue weighted by Crippen LogP contribution is 2.19. The molecular weight excluding hydrogens is 156 g/mol. The van der Waals surface area contributed by atoms with Crippen molar-refractivity contribution in [1.82, 2.24) is 9.80 Å². The molecule has 4 heteroatoms. The second-order valence-electron chi connectivity index (χ2n) is 3.99. The molecule has 0 N–H and O–H groups in total. The lowest BCUT2D eigenvalue weighted by molar-refractivity contribution is -0.124. The Morgan fingerprint density at radius 2 is 1.75 bits per heavy atom.